The van der Waals surface area contributed by atoms with Gasteiger partial charge in [-0.1, -0.05) is 6.07 Å². The molecule has 0 spiro atoms. The van der Waals surface area contributed by atoms with Gasteiger partial charge in [0.05, 0.1) is 0 Å². The molecule has 0 amide bonds. The first-order valence-corrected chi connectivity index (χ1v) is 3.96. The summed E-state index contributed by atoms with van der Waals surface area (Å²) >= 11 is 0. The third kappa shape index (κ3) is 9.06. The summed E-state index contributed by atoms with van der Waals surface area (Å²) in [7, 11) is -6.00. The quantitative estimate of drug-likeness (QED) is 0.502. The molecule has 3 N–H and O–H groups in total. The number of benzene rings is 1. The van der Waals surface area contributed by atoms with E-state index >= 15 is 0 Å². The molecule has 0 heterocycles. The number of hydrogen-bond donors (Lipinski definition) is 1. The van der Waals surface area contributed by atoms with Crippen LogP contribution in [0.25, 0.3) is 0 Å². The van der Waals surface area contributed by atoms with Gasteiger partial charge in [-0.3, -0.25) is 0 Å². The van der Waals surface area contributed by atoms with E-state index in [4.69, 9.17) is 0 Å². The zero-order chi connectivity index (χ0) is 11.4. The normalized spacial score (nSPS) is 10.5. The lowest BCUT2D eigenvalue weighted by atomic mass is 10.1. The maximum atomic E-state index is 9.75. The van der Waals surface area contributed by atoms with Crippen molar-refractivity contribution in [2.24, 2.45) is 0 Å². The van der Waals surface area contributed by atoms with Gasteiger partial charge in [0.1, 0.15) is 5.69 Å². The highest BCUT2D eigenvalue weighted by molar-refractivity contribution is 6.50. The Labute approximate surface area is 80.0 Å². The van der Waals surface area contributed by atoms with E-state index in [0.29, 0.717) is 0 Å². The highest BCUT2D eigenvalue weighted by Crippen LogP contribution is 2.07. The summed E-state index contributed by atoms with van der Waals surface area (Å²) in [4.78, 5) is 0. The summed E-state index contributed by atoms with van der Waals surface area (Å²) in [5, 5.41) is 0. The zero-order valence-electron chi connectivity index (χ0n) is 8.03. The van der Waals surface area contributed by atoms with Gasteiger partial charge in [0, 0.05) is 12.1 Å². The number of quaternary nitrogens is 1. The van der Waals surface area contributed by atoms with Gasteiger partial charge in [-0.2, -0.15) is 0 Å². The molecule has 0 aliphatic heterocycles. The lowest BCUT2D eigenvalue weighted by Crippen LogP contribution is -2.40. The highest BCUT2D eigenvalue weighted by atomic mass is 19.5. The molecule has 0 aliphatic rings. The molecule has 0 radical (unpaired) electrons. The number of aryl methyl sites for hydroxylation is 2. The summed E-state index contributed by atoms with van der Waals surface area (Å²) in [6, 6.07) is 6.30. The van der Waals surface area contributed by atoms with Crippen LogP contribution in [0.3, 0.4) is 0 Å². The molecule has 80 valence electrons. The van der Waals surface area contributed by atoms with Gasteiger partial charge in [-0.05, 0) is 25.0 Å². The van der Waals surface area contributed by atoms with Crippen molar-refractivity contribution in [1.29, 1.82) is 0 Å². The molecule has 0 aromatic heterocycles. The predicted octanol–water partition coefficient (Wildman–Crippen LogP) is 2.48. The van der Waals surface area contributed by atoms with Gasteiger partial charge >= 0.3 is 7.25 Å². The fraction of sp³-hybridized carbons (Fsp3) is 0.250. The largest absolute Gasteiger partial charge is 0.673 e. The Morgan fingerprint density at radius 2 is 1.21 bits per heavy atom. The second-order valence-corrected chi connectivity index (χ2v) is 2.99. The standard InChI is InChI=1S/C8H11N.BF4/c1-6-3-7(2)5-8(9)4-6;2-1(3,4)5/h3-5H,9H2,1-2H3;/q;-1/p+1. The summed E-state index contributed by atoms with van der Waals surface area (Å²) in [6.07, 6.45) is 0. The van der Waals surface area contributed by atoms with Crippen molar-refractivity contribution in [2.45, 2.75) is 13.8 Å². The molecule has 1 aromatic rings. The molecule has 6 heteroatoms. The van der Waals surface area contributed by atoms with Crippen molar-refractivity contribution < 1.29 is 23.0 Å². The Morgan fingerprint density at radius 3 is 1.43 bits per heavy atom. The first kappa shape index (κ1) is 13.0. The summed E-state index contributed by atoms with van der Waals surface area (Å²) in [5.41, 5.74) is 7.53. The van der Waals surface area contributed by atoms with E-state index in [2.05, 4.69) is 37.8 Å². The fourth-order valence-electron chi connectivity index (χ4n) is 1.07. The molecule has 0 saturated carbocycles. The second-order valence-electron chi connectivity index (χ2n) is 2.99. The van der Waals surface area contributed by atoms with Gasteiger partial charge in [0.25, 0.3) is 0 Å². The van der Waals surface area contributed by atoms with Crippen LogP contribution < -0.4 is 5.73 Å². The van der Waals surface area contributed by atoms with E-state index in [1.165, 1.54) is 11.1 Å². The second kappa shape index (κ2) is 5.00. The third-order valence-electron chi connectivity index (χ3n) is 1.28. The van der Waals surface area contributed by atoms with Crippen LogP contribution in [0.5, 0.6) is 0 Å². The predicted molar refractivity (Wildman–Crippen MR) is 48.7 cm³/mol. The van der Waals surface area contributed by atoms with E-state index in [0.717, 1.165) is 5.69 Å². The molecular weight excluding hydrogens is 197 g/mol. The van der Waals surface area contributed by atoms with Crippen molar-refractivity contribution >= 4 is 12.9 Å². The average molecular weight is 209 g/mol. The van der Waals surface area contributed by atoms with E-state index in [-0.39, 0.29) is 0 Å². The van der Waals surface area contributed by atoms with Crippen LogP contribution in [0.2, 0.25) is 0 Å². The fourth-order valence-corrected chi connectivity index (χ4v) is 1.07. The molecule has 1 rings (SSSR count). The topological polar surface area (TPSA) is 27.6 Å². The van der Waals surface area contributed by atoms with Crippen LogP contribution in [-0.2, 0) is 0 Å². The summed E-state index contributed by atoms with van der Waals surface area (Å²) in [5.74, 6) is 0. The number of halogens is 4. The lowest BCUT2D eigenvalue weighted by Gasteiger charge is -1.94. The summed E-state index contributed by atoms with van der Waals surface area (Å²) in [6.45, 7) is 4.17. The molecule has 14 heavy (non-hydrogen) atoms. The van der Waals surface area contributed by atoms with Crippen molar-refractivity contribution in [3.05, 3.63) is 29.3 Å². The minimum absolute atomic E-state index is 1.10. The highest BCUT2D eigenvalue weighted by Gasteiger charge is 2.20. The van der Waals surface area contributed by atoms with E-state index in [1.54, 1.807) is 0 Å². The Kier molecular flexibility index (Phi) is 4.63. The van der Waals surface area contributed by atoms with Gasteiger partial charge in [0.2, 0.25) is 0 Å². The Balaban J connectivity index is 0.000000292. The molecule has 0 bridgehead atoms. The van der Waals surface area contributed by atoms with Crippen LogP contribution in [-0.4, -0.2) is 7.25 Å². The Bertz CT molecular complexity index is 241. The Morgan fingerprint density at radius 1 is 0.929 bits per heavy atom. The van der Waals surface area contributed by atoms with Crippen LogP contribution in [0, 0.1) is 13.8 Å². The van der Waals surface area contributed by atoms with Crippen LogP contribution in [0.15, 0.2) is 18.2 Å². The van der Waals surface area contributed by atoms with Crippen molar-refractivity contribution in [3.63, 3.8) is 0 Å². The van der Waals surface area contributed by atoms with E-state index in [9.17, 15) is 17.3 Å². The first-order valence-electron chi connectivity index (χ1n) is 3.96. The maximum absolute atomic E-state index is 9.75. The molecule has 0 fully saturated rings. The third-order valence-corrected chi connectivity index (χ3v) is 1.28. The molecule has 0 saturated heterocycles. The molecule has 0 aliphatic carbocycles. The van der Waals surface area contributed by atoms with Gasteiger partial charge in [-0.15, -0.1) is 0 Å². The van der Waals surface area contributed by atoms with E-state index in [1.807, 2.05) is 0 Å². The molecule has 0 unspecified atom stereocenters. The summed E-state index contributed by atoms with van der Waals surface area (Å²) < 4.78 is 39.0. The van der Waals surface area contributed by atoms with Crippen molar-refractivity contribution in [2.75, 3.05) is 0 Å². The zero-order valence-corrected chi connectivity index (χ0v) is 8.03. The smallest absolute Gasteiger partial charge is 0.418 e. The first-order chi connectivity index (χ1) is 6.18. The van der Waals surface area contributed by atoms with Gasteiger partial charge in [-0.25, -0.2) is 0 Å². The van der Waals surface area contributed by atoms with Crippen LogP contribution >= 0.6 is 0 Å². The lowest BCUT2D eigenvalue weighted by molar-refractivity contribution is -0.254. The molecular formula is C8H12BF4N. The molecule has 0 atom stereocenters. The van der Waals surface area contributed by atoms with Crippen molar-refractivity contribution in [3.8, 4) is 0 Å². The molecule has 1 aromatic carbocycles. The minimum atomic E-state index is -6.00. The van der Waals surface area contributed by atoms with Gasteiger partial charge < -0.3 is 23.0 Å². The Hall–Kier alpha value is -1.04. The maximum Gasteiger partial charge on any atom is 0.673 e. The average Bonchev–Trinajstić information content (AvgIpc) is 1.77. The number of hydrogen-bond acceptors (Lipinski definition) is 0. The van der Waals surface area contributed by atoms with E-state index < -0.39 is 7.25 Å². The minimum Gasteiger partial charge on any atom is -0.418 e. The van der Waals surface area contributed by atoms with Crippen LogP contribution in [0.4, 0.5) is 23.0 Å². The molecule has 1 nitrogen and oxygen atoms in total. The monoisotopic (exact) mass is 209 g/mol. The van der Waals surface area contributed by atoms with Crippen LogP contribution in [0.1, 0.15) is 11.1 Å². The number of rotatable bonds is 0. The SMILES string of the molecule is Cc1cc(C)cc([NH3+])c1.F[B-](F)(F)F. The van der Waals surface area contributed by atoms with Gasteiger partial charge in [0.15, 0.2) is 0 Å². The van der Waals surface area contributed by atoms with Crippen molar-refractivity contribution in [1.82, 2.24) is 0 Å².